The molecular weight excluding hydrogens is 281 g/mol. The topological polar surface area (TPSA) is 45.0 Å². The molecule has 1 saturated carbocycles. The molecule has 2 rings (SSSR count). The molecule has 0 heterocycles. The van der Waals surface area contributed by atoms with Crippen molar-refractivity contribution >= 4 is 5.69 Å². The molecule has 1 N–H and O–H groups in total. The van der Waals surface area contributed by atoms with E-state index < -0.39 is 18.1 Å². The quantitative estimate of drug-likeness (QED) is 0.909. The van der Waals surface area contributed by atoms with Crippen LogP contribution in [0.5, 0.6) is 5.75 Å². The maximum absolute atomic E-state index is 13.0. The number of hydrogen-bond acceptors (Lipinski definition) is 3. The Labute approximate surface area is 121 Å². The van der Waals surface area contributed by atoms with Crippen molar-refractivity contribution in [2.75, 3.05) is 11.9 Å². The Hall–Kier alpha value is -1.90. The monoisotopic (exact) mass is 298 g/mol. The van der Waals surface area contributed by atoms with Gasteiger partial charge in [0.2, 0.25) is 0 Å². The van der Waals surface area contributed by atoms with Crippen LogP contribution >= 0.6 is 0 Å². The zero-order valence-corrected chi connectivity index (χ0v) is 11.5. The Morgan fingerprint density at radius 3 is 2.76 bits per heavy atom. The molecule has 2 unspecified atom stereocenters. The molecule has 0 spiro atoms. The fourth-order valence-corrected chi connectivity index (χ4v) is 2.70. The predicted octanol–water partition coefficient (Wildman–Crippen LogP) is 4.12. The molecule has 1 aromatic rings. The smallest absolute Gasteiger partial charge is 0.393 e. The minimum atomic E-state index is -4.17. The van der Waals surface area contributed by atoms with Gasteiger partial charge in [0.15, 0.2) is 6.61 Å². The zero-order chi connectivity index (χ0) is 15.3. The Bertz CT molecular complexity index is 510. The van der Waals surface area contributed by atoms with Crippen molar-refractivity contribution in [3.63, 3.8) is 0 Å². The minimum absolute atomic E-state index is 0.0853. The van der Waals surface area contributed by atoms with Gasteiger partial charge in [0.05, 0.1) is 5.92 Å². The number of nitrogens with one attached hydrogen (secondary N) is 1. The number of alkyl halides is 3. The lowest BCUT2D eigenvalue weighted by atomic mass is 9.84. The summed E-state index contributed by atoms with van der Waals surface area (Å²) in [5.41, 5.74) is 0.589. The van der Waals surface area contributed by atoms with Crippen LogP contribution in [0.15, 0.2) is 24.3 Å². The van der Waals surface area contributed by atoms with E-state index in [4.69, 9.17) is 10.00 Å². The molecule has 1 aliphatic rings. The third-order valence-electron chi connectivity index (χ3n) is 3.68. The van der Waals surface area contributed by atoms with E-state index in [0.29, 0.717) is 24.3 Å². The van der Waals surface area contributed by atoms with Gasteiger partial charge in [-0.15, -0.1) is 0 Å². The first kappa shape index (κ1) is 15.5. The molecule has 1 fully saturated rings. The molecule has 0 saturated heterocycles. The molecular formula is C15H17F3N2O. The summed E-state index contributed by atoms with van der Waals surface area (Å²) in [5.74, 6) is -0.837. The summed E-state index contributed by atoms with van der Waals surface area (Å²) in [6.07, 6.45) is -2.07. The lowest BCUT2D eigenvalue weighted by Gasteiger charge is -2.34. The summed E-state index contributed by atoms with van der Waals surface area (Å²) >= 11 is 0. The number of nitrogens with zero attached hydrogens (tertiary/aromatic N) is 1. The Morgan fingerprint density at radius 1 is 1.29 bits per heavy atom. The fourth-order valence-electron chi connectivity index (χ4n) is 2.70. The van der Waals surface area contributed by atoms with Gasteiger partial charge in [-0.05, 0) is 25.0 Å². The predicted molar refractivity (Wildman–Crippen MR) is 73.0 cm³/mol. The number of hydrogen-bond donors (Lipinski definition) is 1. The van der Waals surface area contributed by atoms with Crippen LogP contribution in [-0.2, 0) is 0 Å². The molecule has 114 valence electrons. The van der Waals surface area contributed by atoms with Crippen molar-refractivity contribution in [1.82, 2.24) is 0 Å². The average molecular weight is 298 g/mol. The van der Waals surface area contributed by atoms with Gasteiger partial charge in [0.25, 0.3) is 0 Å². The molecule has 3 nitrogen and oxygen atoms in total. The summed E-state index contributed by atoms with van der Waals surface area (Å²) in [4.78, 5) is 0. The van der Waals surface area contributed by atoms with Crippen LogP contribution in [0.2, 0.25) is 0 Å². The number of benzene rings is 1. The molecule has 0 aliphatic heterocycles. The van der Waals surface area contributed by atoms with Gasteiger partial charge < -0.3 is 10.1 Å². The first-order valence-electron chi connectivity index (χ1n) is 6.94. The van der Waals surface area contributed by atoms with Gasteiger partial charge in [-0.25, -0.2) is 0 Å². The molecule has 0 amide bonds. The van der Waals surface area contributed by atoms with Crippen LogP contribution in [0.25, 0.3) is 0 Å². The second kappa shape index (κ2) is 6.70. The van der Waals surface area contributed by atoms with Gasteiger partial charge in [0.1, 0.15) is 11.8 Å². The maximum Gasteiger partial charge on any atom is 0.393 e. The third-order valence-corrected chi connectivity index (χ3v) is 3.68. The van der Waals surface area contributed by atoms with E-state index in [2.05, 4.69) is 5.32 Å². The van der Waals surface area contributed by atoms with Crippen LogP contribution in [0.4, 0.5) is 18.9 Å². The van der Waals surface area contributed by atoms with E-state index in [0.717, 1.165) is 6.42 Å². The highest BCUT2D eigenvalue weighted by Gasteiger charge is 2.45. The van der Waals surface area contributed by atoms with Crippen LogP contribution in [0.3, 0.4) is 0 Å². The van der Waals surface area contributed by atoms with Crippen molar-refractivity contribution in [2.24, 2.45) is 5.92 Å². The highest BCUT2D eigenvalue weighted by atomic mass is 19.4. The number of nitriles is 1. The summed E-state index contributed by atoms with van der Waals surface area (Å²) in [6, 6.07) is 7.95. The van der Waals surface area contributed by atoms with Gasteiger partial charge in [-0.1, -0.05) is 18.9 Å². The van der Waals surface area contributed by atoms with Gasteiger partial charge >= 0.3 is 6.18 Å². The largest absolute Gasteiger partial charge is 0.479 e. The number of halogens is 3. The van der Waals surface area contributed by atoms with Gasteiger partial charge in [-0.2, -0.15) is 18.4 Å². The SMILES string of the molecule is N#CCOc1cccc(NC2CCCCC2C(F)(F)F)c1. The lowest BCUT2D eigenvalue weighted by Crippen LogP contribution is -2.41. The number of ether oxygens (including phenoxy) is 1. The van der Waals surface area contributed by atoms with E-state index in [1.807, 2.05) is 6.07 Å². The second-order valence-electron chi connectivity index (χ2n) is 5.16. The van der Waals surface area contributed by atoms with E-state index in [1.165, 1.54) is 0 Å². The Kier molecular flexibility index (Phi) is 4.94. The summed E-state index contributed by atoms with van der Waals surface area (Å²) in [5, 5.41) is 11.4. The average Bonchev–Trinajstić information content (AvgIpc) is 2.45. The van der Waals surface area contributed by atoms with Crippen molar-refractivity contribution in [1.29, 1.82) is 5.26 Å². The molecule has 2 atom stereocenters. The molecule has 0 bridgehead atoms. The molecule has 1 aromatic carbocycles. The molecule has 0 radical (unpaired) electrons. The van der Waals surface area contributed by atoms with Crippen LogP contribution < -0.4 is 10.1 Å². The van der Waals surface area contributed by atoms with Crippen molar-refractivity contribution < 1.29 is 17.9 Å². The standard InChI is InChI=1S/C15H17F3N2O/c16-15(17,18)13-6-1-2-7-14(13)20-11-4-3-5-12(10-11)21-9-8-19/h3-5,10,13-14,20H,1-2,6-7,9H2. The normalized spacial score (nSPS) is 22.4. The summed E-state index contributed by atoms with van der Waals surface area (Å²) in [7, 11) is 0. The van der Waals surface area contributed by atoms with E-state index in [-0.39, 0.29) is 13.0 Å². The lowest BCUT2D eigenvalue weighted by molar-refractivity contribution is -0.184. The minimum Gasteiger partial charge on any atom is -0.479 e. The van der Waals surface area contributed by atoms with Crippen molar-refractivity contribution in [3.8, 4) is 11.8 Å². The van der Waals surface area contributed by atoms with Gasteiger partial charge in [0, 0.05) is 17.8 Å². The molecule has 6 heteroatoms. The van der Waals surface area contributed by atoms with E-state index >= 15 is 0 Å². The van der Waals surface area contributed by atoms with Crippen LogP contribution in [0, 0.1) is 17.2 Å². The molecule has 1 aliphatic carbocycles. The summed E-state index contributed by atoms with van der Waals surface area (Å²) in [6.45, 7) is -0.0853. The van der Waals surface area contributed by atoms with E-state index in [9.17, 15) is 13.2 Å². The number of anilines is 1. The van der Waals surface area contributed by atoms with Crippen LogP contribution in [-0.4, -0.2) is 18.8 Å². The van der Waals surface area contributed by atoms with Gasteiger partial charge in [-0.3, -0.25) is 0 Å². The number of rotatable bonds is 4. The molecule has 21 heavy (non-hydrogen) atoms. The Morgan fingerprint density at radius 2 is 2.05 bits per heavy atom. The van der Waals surface area contributed by atoms with Crippen LogP contribution in [0.1, 0.15) is 25.7 Å². The highest BCUT2D eigenvalue weighted by Crippen LogP contribution is 2.39. The Balaban J connectivity index is 2.07. The second-order valence-corrected chi connectivity index (χ2v) is 5.16. The maximum atomic E-state index is 13.0. The zero-order valence-electron chi connectivity index (χ0n) is 11.5. The first-order valence-corrected chi connectivity index (χ1v) is 6.94. The van der Waals surface area contributed by atoms with E-state index in [1.54, 1.807) is 24.3 Å². The first-order chi connectivity index (χ1) is 10.0. The fraction of sp³-hybridized carbons (Fsp3) is 0.533. The molecule has 0 aromatic heterocycles. The van der Waals surface area contributed by atoms with Crippen molar-refractivity contribution in [3.05, 3.63) is 24.3 Å². The van der Waals surface area contributed by atoms with Crippen molar-refractivity contribution in [2.45, 2.75) is 37.9 Å². The third kappa shape index (κ3) is 4.28. The highest BCUT2D eigenvalue weighted by molar-refractivity contribution is 5.49. The summed E-state index contributed by atoms with van der Waals surface area (Å²) < 4.78 is 44.3.